The molecule has 5 heteroatoms. The van der Waals surface area contributed by atoms with Gasteiger partial charge < -0.3 is 14.8 Å². The smallest absolute Gasteiger partial charge is 0.132 e. The average Bonchev–Trinajstić information content (AvgIpc) is 2.91. The minimum absolute atomic E-state index is 0.0779. The van der Waals surface area contributed by atoms with Gasteiger partial charge in [0.15, 0.2) is 0 Å². The summed E-state index contributed by atoms with van der Waals surface area (Å²) in [6.07, 6.45) is 2.39. The lowest BCUT2D eigenvalue weighted by atomic mass is 10.1. The highest BCUT2D eigenvalue weighted by atomic mass is 16.4. The van der Waals surface area contributed by atoms with Gasteiger partial charge in [-0.05, 0) is 32.4 Å². The molecule has 2 aromatic heterocycles. The van der Waals surface area contributed by atoms with Crippen LogP contribution in [0.3, 0.4) is 0 Å². The summed E-state index contributed by atoms with van der Waals surface area (Å²) in [5.41, 5.74) is 1.01. The summed E-state index contributed by atoms with van der Waals surface area (Å²) in [6, 6.07) is 5.58. The van der Waals surface area contributed by atoms with Gasteiger partial charge in [-0.15, -0.1) is 0 Å². The monoisotopic (exact) mass is 275 g/mol. The molecule has 2 rings (SSSR count). The number of nitrogens with zero attached hydrogens (tertiary/aromatic N) is 2. The lowest BCUT2D eigenvalue weighted by Gasteiger charge is -2.17. The minimum atomic E-state index is -0.610. The number of anilines is 1. The first-order valence-corrected chi connectivity index (χ1v) is 6.91. The molecule has 0 fully saturated rings. The molecule has 2 unspecified atom stereocenters. The normalized spacial score (nSPS) is 14.0. The van der Waals surface area contributed by atoms with Gasteiger partial charge in [-0.25, -0.2) is 9.97 Å². The Morgan fingerprint density at radius 3 is 2.85 bits per heavy atom. The van der Waals surface area contributed by atoms with E-state index >= 15 is 0 Å². The van der Waals surface area contributed by atoms with Crippen LogP contribution < -0.4 is 5.32 Å². The van der Waals surface area contributed by atoms with Crippen LogP contribution in [0.2, 0.25) is 0 Å². The third kappa shape index (κ3) is 3.81. The molecule has 0 amide bonds. The summed E-state index contributed by atoms with van der Waals surface area (Å²) in [7, 11) is 0. The summed E-state index contributed by atoms with van der Waals surface area (Å²) < 4.78 is 5.20. The topological polar surface area (TPSA) is 71.2 Å². The number of aryl methyl sites for hydroxylation is 2. The lowest BCUT2D eigenvalue weighted by molar-refractivity contribution is 0.136. The van der Waals surface area contributed by atoms with Gasteiger partial charge in [0.2, 0.25) is 0 Å². The van der Waals surface area contributed by atoms with Crippen molar-refractivity contribution in [3.63, 3.8) is 0 Å². The molecule has 0 spiro atoms. The highest BCUT2D eigenvalue weighted by Crippen LogP contribution is 2.20. The van der Waals surface area contributed by atoms with Gasteiger partial charge in [-0.2, -0.15) is 0 Å². The summed E-state index contributed by atoms with van der Waals surface area (Å²) in [6.45, 7) is 5.96. The van der Waals surface area contributed by atoms with E-state index in [0.29, 0.717) is 12.2 Å². The van der Waals surface area contributed by atoms with Gasteiger partial charge in [0.25, 0.3) is 0 Å². The summed E-state index contributed by atoms with van der Waals surface area (Å²) >= 11 is 0. The van der Waals surface area contributed by atoms with Crippen LogP contribution in [0.1, 0.15) is 43.7 Å². The fourth-order valence-corrected chi connectivity index (χ4v) is 2.13. The maximum absolute atomic E-state index is 10.0. The molecule has 2 atom stereocenters. The van der Waals surface area contributed by atoms with Crippen molar-refractivity contribution in [2.45, 2.75) is 45.8 Å². The van der Waals surface area contributed by atoms with Crippen molar-refractivity contribution in [3.8, 4) is 0 Å². The zero-order valence-electron chi connectivity index (χ0n) is 12.1. The second kappa shape index (κ2) is 6.52. The van der Waals surface area contributed by atoms with Gasteiger partial charge in [-0.3, -0.25) is 0 Å². The standard InChI is InChI=1S/C15H21N3O2/c1-4-12-9-15(18-11(3)17-12)16-10(2)8-13(19)14-6-5-7-20-14/h5-7,9-10,13,19H,4,8H2,1-3H3,(H,16,17,18). The first kappa shape index (κ1) is 14.5. The van der Waals surface area contributed by atoms with Crippen LogP contribution in [0.4, 0.5) is 5.82 Å². The van der Waals surface area contributed by atoms with Gasteiger partial charge >= 0.3 is 0 Å². The average molecular weight is 275 g/mol. The molecule has 2 aromatic rings. The molecular formula is C15H21N3O2. The van der Waals surface area contributed by atoms with Crippen LogP contribution in [0.15, 0.2) is 28.9 Å². The minimum Gasteiger partial charge on any atom is -0.467 e. The van der Waals surface area contributed by atoms with Gasteiger partial charge in [-0.1, -0.05) is 6.92 Å². The second-order valence-corrected chi connectivity index (χ2v) is 4.96. The fraction of sp³-hybridized carbons (Fsp3) is 0.467. The van der Waals surface area contributed by atoms with Crippen molar-refractivity contribution >= 4 is 5.82 Å². The van der Waals surface area contributed by atoms with Gasteiger partial charge in [0, 0.05) is 24.2 Å². The Hall–Kier alpha value is -1.88. The van der Waals surface area contributed by atoms with E-state index in [1.165, 1.54) is 0 Å². The largest absolute Gasteiger partial charge is 0.467 e. The van der Waals surface area contributed by atoms with Crippen molar-refractivity contribution in [2.75, 3.05) is 5.32 Å². The first-order chi connectivity index (χ1) is 9.58. The Morgan fingerprint density at radius 1 is 1.40 bits per heavy atom. The first-order valence-electron chi connectivity index (χ1n) is 6.91. The second-order valence-electron chi connectivity index (χ2n) is 4.96. The molecule has 0 bridgehead atoms. The molecule has 108 valence electrons. The maximum Gasteiger partial charge on any atom is 0.132 e. The van der Waals surface area contributed by atoms with Crippen molar-refractivity contribution < 1.29 is 9.52 Å². The Kier molecular flexibility index (Phi) is 4.74. The third-order valence-corrected chi connectivity index (χ3v) is 3.10. The van der Waals surface area contributed by atoms with E-state index in [1.807, 2.05) is 19.9 Å². The predicted octanol–water partition coefficient (Wildman–Crippen LogP) is 2.86. The fourth-order valence-electron chi connectivity index (χ4n) is 2.13. The number of aromatic nitrogens is 2. The van der Waals surface area contributed by atoms with Crippen LogP contribution >= 0.6 is 0 Å². The third-order valence-electron chi connectivity index (χ3n) is 3.10. The van der Waals surface area contributed by atoms with Crippen LogP contribution in [-0.2, 0) is 6.42 Å². The number of hydrogen-bond donors (Lipinski definition) is 2. The molecule has 2 N–H and O–H groups in total. The SMILES string of the molecule is CCc1cc(NC(C)CC(O)c2ccco2)nc(C)n1. The zero-order chi connectivity index (χ0) is 14.5. The summed E-state index contributed by atoms with van der Waals surface area (Å²) in [4.78, 5) is 8.71. The van der Waals surface area contributed by atoms with Crippen molar-refractivity contribution in [1.29, 1.82) is 0 Å². The van der Waals surface area contributed by atoms with Crippen LogP contribution in [-0.4, -0.2) is 21.1 Å². The number of aliphatic hydroxyl groups is 1. The number of furan rings is 1. The summed E-state index contributed by atoms with van der Waals surface area (Å²) in [5, 5.41) is 13.3. The van der Waals surface area contributed by atoms with Crippen LogP contribution in [0.5, 0.6) is 0 Å². The van der Waals surface area contributed by atoms with E-state index in [0.717, 1.165) is 23.8 Å². The predicted molar refractivity (Wildman–Crippen MR) is 77.5 cm³/mol. The highest BCUT2D eigenvalue weighted by molar-refractivity contribution is 5.37. The molecule has 2 heterocycles. The molecule has 0 aromatic carbocycles. The number of nitrogens with one attached hydrogen (secondary N) is 1. The van der Waals surface area contributed by atoms with E-state index in [4.69, 9.17) is 4.42 Å². The number of rotatable bonds is 6. The molecular weight excluding hydrogens is 254 g/mol. The highest BCUT2D eigenvalue weighted by Gasteiger charge is 2.15. The van der Waals surface area contributed by atoms with E-state index in [-0.39, 0.29) is 6.04 Å². The molecule has 0 saturated heterocycles. The molecule has 0 aliphatic rings. The van der Waals surface area contributed by atoms with Gasteiger partial charge in [0.05, 0.1) is 6.26 Å². The van der Waals surface area contributed by atoms with Crippen molar-refractivity contribution in [3.05, 3.63) is 41.7 Å². The summed E-state index contributed by atoms with van der Waals surface area (Å²) in [5.74, 6) is 2.14. The number of aliphatic hydroxyl groups excluding tert-OH is 1. The molecule has 0 aliphatic carbocycles. The van der Waals surface area contributed by atoms with Gasteiger partial charge in [0.1, 0.15) is 23.5 Å². The Labute approximate surface area is 119 Å². The van der Waals surface area contributed by atoms with E-state index in [1.54, 1.807) is 18.4 Å². The molecule has 0 radical (unpaired) electrons. The quantitative estimate of drug-likeness (QED) is 0.848. The molecule has 20 heavy (non-hydrogen) atoms. The Bertz CT molecular complexity index is 540. The van der Waals surface area contributed by atoms with Crippen LogP contribution in [0.25, 0.3) is 0 Å². The van der Waals surface area contributed by atoms with E-state index in [9.17, 15) is 5.11 Å². The Balaban J connectivity index is 1.97. The molecule has 0 saturated carbocycles. The molecule has 0 aliphatic heterocycles. The molecule has 5 nitrogen and oxygen atoms in total. The van der Waals surface area contributed by atoms with Crippen molar-refractivity contribution in [2.24, 2.45) is 0 Å². The Morgan fingerprint density at radius 2 is 2.20 bits per heavy atom. The van der Waals surface area contributed by atoms with Crippen molar-refractivity contribution in [1.82, 2.24) is 9.97 Å². The van der Waals surface area contributed by atoms with E-state index in [2.05, 4.69) is 22.2 Å². The van der Waals surface area contributed by atoms with E-state index < -0.39 is 6.10 Å². The van der Waals surface area contributed by atoms with Crippen LogP contribution in [0, 0.1) is 6.92 Å². The zero-order valence-corrected chi connectivity index (χ0v) is 12.1. The maximum atomic E-state index is 10.0. The number of hydrogen-bond acceptors (Lipinski definition) is 5. The lowest BCUT2D eigenvalue weighted by Crippen LogP contribution is -2.19.